The highest BCUT2D eigenvalue weighted by atomic mass is 32.2. The van der Waals surface area contributed by atoms with Gasteiger partial charge in [-0.3, -0.25) is 14.5 Å². The number of aromatic nitrogens is 1. The van der Waals surface area contributed by atoms with E-state index in [0.29, 0.717) is 30.3 Å². The smallest absolute Gasteiger partial charge is 0.228 e. The standard InChI is InChI=1S/C13H16N2O3S/c1-9(16)19-8-10-5-13(17)15(7-10)12-6-11(18-2)3-4-14-12/h3-4,6,10H,5,7-8H2,1-2H3. The number of hydrogen-bond acceptors (Lipinski definition) is 5. The maximum atomic E-state index is 12.0. The summed E-state index contributed by atoms with van der Waals surface area (Å²) in [5.74, 6) is 2.23. The first-order valence-electron chi connectivity index (χ1n) is 6.04. The van der Waals surface area contributed by atoms with Gasteiger partial charge in [-0.25, -0.2) is 4.98 Å². The van der Waals surface area contributed by atoms with E-state index in [1.54, 1.807) is 37.3 Å². The summed E-state index contributed by atoms with van der Waals surface area (Å²) in [6.45, 7) is 2.15. The molecule has 19 heavy (non-hydrogen) atoms. The van der Waals surface area contributed by atoms with Crippen molar-refractivity contribution in [1.82, 2.24) is 4.98 Å². The zero-order chi connectivity index (χ0) is 13.8. The zero-order valence-electron chi connectivity index (χ0n) is 11.0. The van der Waals surface area contributed by atoms with Crippen LogP contribution in [0.1, 0.15) is 13.3 Å². The summed E-state index contributed by atoms with van der Waals surface area (Å²) in [5.41, 5.74) is 0. The zero-order valence-corrected chi connectivity index (χ0v) is 11.8. The lowest BCUT2D eigenvalue weighted by Gasteiger charge is -2.16. The predicted octanol–water partition coefficient (Wildman–Crippen LogP) is 1.72. The van der Waals surface area contributed by atoms with Crippen LogP contribution in [-0.2, 0) is 9.59 Å². The number of hydrogen-bond donors (Lipinski definition) is 0. The van der Waals surface area contributed by atoms with Crippen molar-refractivity contribution < 1.29 is 14.3 Å². The molecule has 5 nitrogen and oxygen atoms in total. The van der Waals surface area contributed by atoms with E-state index in [0.717, 1.165) is 0 Å². The molecule has 0 aromatic carbocycles. The minimum Gasteiger partial charge on any atom is -0.497 e. The molecule has 102 valence electrons. The Labute approximate surface area is 116 Å². The highest BCUT2D eigenvalue weighted by molar-refractivity contribution is 8.13. The molecule has 1 unspecified atom stereocenters. The molecule has 2 rings (SSSR count). The second-order valence-corrected chi connectivity index (χ2v) is 5.63. The quantitative estimate of drug-likeness (QED) is 0.840. The summed E-state index contributed by atoms with van der Waals surface area (Å²) in [4.78, 5) is 28.8. The van der Waals surface area contributed by atoms with Gasteiger partial charge in [-0.05, 0) is 12.0 Å². The molecule has 0 radical (unpaired) electrons. The first-order valence-corrected chi connectivity index (χ1v) is 7.02. The third kappa shape index (κ3) is 3.47. The third-order valence-electron chi connectivity index (χ3n) is 2.96. The molecule has 1 aromatic rings. The monoisotopic (exact) mass is 280 g/mol. The molecule has 1 atom stereocenters. The first-order chi connectivity index (χ1) is 9.10. The van der Waals surface area contributed by atoms with Crippen LogP contribution in [0.2, 0.25) is 0 Å². The number of anilines is 1. The number of nitrogens with zero attached hydrogens (tertiary/aromatic N) is 2. The summed E-state index contributed by atoms with van der Waals surface area (Å²) < 4.78 is 5.13. The number of ether oxygens (including phenoxy) is 1. The average Bonchev–Trinajstić information content (AvgIpc) is 2.78. The molecule has 0 bridgehead atoms. The summed E-state index contributed by atoms with van der Waals surface area (Å²) in [6.07, 6.45) is 2.10. The minimum absolute atomic E-state index is 0.0508. The van der Waals surface area contributed by atoms with Crippen LogP contribution in [0, 0.1) is 5.92 Å². The van der Waals surface area contributed by atoms with Crippen molar-refractivity contribution >= 4 is 28.6 Å². The Morgan fingerprint density at radius 2 is 2.42 bits per heavy atom. The van der Waals surface area contributed by atoms with E-state index in [4.69, 9.17) is 4.74 Å². The van der Waals surface area contributed by atoms with Crippen LogP contribution in [0.25, 0.3) is 0 Å². The van der Waals surface area contributed by atoms with E-state index in [2.05, 4.69) is 4.98 Å². The summed E-state index contributed by atoms with van der Waals surface area (Å²) in [5, 5.41) is 0.0883. The van der Waals surface area contributed by atoms with Crippen LogP contribution in [-0.4, -0.2) is 35.4 Å². The largest absolute Gasteiger partial charge is 0.497 e. The molecule has 0 spiro atoms. The molecule has 0 saturated carbocycles. The Kier molecular flexibility index (Phi) is 4.42. The highest BCUT2D eigenvalue weighted by Gasteiger charge is 2.31. The lowest BCUT2D eigenvalue weighted by atomic mass is 10.1. The Balaban J connectivity index is 2.04. The van der Waals surface area contributed by atoms with Crippen molar-refractivity contribution in [1.29, 1.82) is 0 Å². The Hall–Kier alpha value is -1.56. The van der Waals surface area contributed by atoms with Crippen LogP contribution in [0.4, 0.5) is 5.82 Å². The molecule has 2 heterocycles. The number of methoxy groups -OCH3 is 1. The van der Waals surface area contributed by atoms with Gasteiger partial charge in [0, 0.05) is 37.9 Å². The van der Waals surface area contributed by atoms with Crippen LogP contribution in [0.15, 0.2) is 18.3 Å². The fraction of sp³-hybridized carbons (Fsp3) is 0.462. The number of rotatable bonds is 4. The van der Waals surface area contributed by atoms with E-state index >= 15 is 0 Å². The number of carbonyl (C=O) groups is 2. The lowest BCUT2D eigenvalue weighted by molar-refractivity contribution is -0.117. The van der Waals surface area contributed by atoms with Gasteiger partial charge in [0.15, 0.2) is 5.12 Å². The molecular weight excluding hydrogens is 264 g/mol. The van der Waals surface area contributed by atoms with Gasteiger partial charge in [0.25, 0.3) is 0 Å². The molecule has 1 saturated heterocycles. The van der Waals surface area contributed by atoms with Crippen LogP contribution < -0.4 is 9.64 Å². The fourth-order valence-electron chi connectivity index (χ4n) is 2.02. The Bertz CT molecular complexity index is 493. The molecule has 1 aliphatic heterocycles. The van der Waals surface area contributed by atoms with E-state index in [1.807, 2.05) is 0 Å². The number of amides is 1. The molecule has 1 amide bonds. The van der Waals surface area contributed by atoms with Crippen molar-refractivity contribution in [2.45, 2.75) is 13.3 Å². The molecular formula is C13H16N2O3S. The van der Waals surface area contributed by atoms with Crippen LogP contribution in [0.5, 0.6) is 5.75 Å². The summed E-state index contributed by atoms with van der Waals surface area (Å²) in [6, 6.07) is 3.49. The second-order valence-electron chi connectivity index (χ2n) is 4.43. The van der Waals surface area contributed by atoms with Gasteiger partial charge in [0.05, 0.1) is 7.11 Å². The minimum atomic E-state index is 0.0508. The normalized spacial score (nSPS) is 18.7. The van der Waals surface area contributed by atoms with E-state index < -0.39 is 0 Å². The van der Waals surface area contributed by atoms with E-state index in [1.165, 1.54) is 11.8 Å². The van der Waals surface area contributed by atoms with Gasteiger partial charge in [0.2, 0.25) is 5.91 Å². The third-order valence-corrected chi connectivity index (χ3v) is 4.00. The lowest BCUT2D eigenvalue weighted by Crippen LogP contribution is -2.25. The van der Waals surface area contributed by atoms with E-state index in [9.17, 15) is 9.59 Å². The molecule has 1 aliphatic rings. The number of thioether (sulfide) groups is 1. The maximum Gasteiger partial charge on any atom is 0.228 e. The average molecular weight is 280 g/mol. The first kappa shape index (κ1) is 13.9. The van der Waals surface area contributed by atoms with Crippen molar-refractivity contribution in [2.24, 2.45) is 5.92 Å². The fourth-order valence-corrected chi connectivity index (χ4v) is 2.72. The van der Waals surface area contributed by atoms with Crippen LogP contribution >= 0.6 is 11.8 Å². The molecule has 1 aromatic heterocycles. The molecule has 0 aliphatic carbocycles. The molecule has 1 fully saturated rings. The van der Waals surface area contributed by atoms with Gasteiger partial charge in [-0.1, -0.05) is 11.8 Å². The van der Waals surface area contributed by atoms with Crippen molar-refractivity contribution in [3.05, 3.63) is 18.3 Å². The van der Waals surface area contributed by atoms with Crippen molar-refractivity contribution in [2.75, 3.05) is 24.3 Å². The SMILES string of the molecule is COc1ccnc(N2CC(CSC(C)=O)CC2=O)c1. The highest BCUT2D eigenvalue weighted by Crippen LogP contribution is 2.27. The van der Waals surface area contributed by atoms with Gasteiger partial charge >= 0.3 is 0 Å². The van der Waals surface area contributed by atoms with Gasteiger partial charge in [-0.2, -0.15) is 0 Å². The van der Waals surface area contributed by atoms with E-state index in [-0.39, 0.29) is 16.9 Å². The van der Waals surface area contributed by atoms with Gasteiger partial charge in [0.1, 0.15) is 11.6 Å². The molecule has 6 heteroatoms. The second kappa shape index (κ2) is 6.06. The van der Waals surface area contributed by atoms with Crippen LogP contribution in [0.3, 0.4) is 0 Å². The van der Waals surface area contributed by atoms with Gasteiger partial charge < -0.3 is 4.74 Å². The maximum absolute atomic E-state index is 12.0. The Morgan fingerprint density at radius 3 is 3.11 bits per heavy atom. The van der Waals surface area contributed by atoms with Crippen molar-refractivity contribution in [3.63, 3.8) is 0 Å². The molecule has 0 N–H and O–H groups in total. The summed E-state index contributed by atoms with van der Waals surface area (Å²) in [7, 11) is 1.58. The number of carbonyl (C=O) groups excluding carboxylic acids is 2. The Morgan fingerprint density at radius 1 is 1.63 bits per heavy atom. The van der Waals surface area contributed by atoms with Gasteiger partial charge in [-0.15, -0.1) is 0 Å². The predicted molar refractivity (Wildman–Crippen MR) is 74.4 cm³/mol. The topological polar surface area (TPSA) is 59.5 Å². The summed E-state index contributed by atoms with van der Waals surface area (Å²) >= 11 is 1.27. The number of pyridine rings is 1. The van der Waals surface area contributed by atoms with Crippen molar-refractivity contribution in [3.8, 4) is 5.75 Å².